The molecule has 0 aliphatic carbocycles. The smallest absolute Gasteiger partial charge is 0.416 e. The number of nitrogens with zero attached hydrogens (tertiary/aromatic N) is 2. The van der Waals surface area contributed by atoms with Gasteiger partial charge in [0.25, 0.3) is 0 Å². The number of hydrogen-bond donors (Lipinski definition) is 1. The first-order chi connectivity index (χ1) is 12.2. The van der Waals surface area contributed by atoms with E-state index in [2.05, 4.69) is 5.32 Å². The molecule has 8 heteroatoms. The Morgan fingerprint density at radius 3 is 2.50 bits per heavy atom. The molecule has 2 aromatic rings. The molecule has 1 atom stereocenters. The van der Waals surface area contributed by atoms with Crippen molar-refractivity contribution >= 4 is 23.0 Å². The molecular formula is C18H22F3N3OS. The zero-order valence-corrected chi connectivity index (χ0v) is 15.7. The molecule has 0 aliphatic heterocycles. The van der Waals surface area contributed by atoms with Gasteiger partial charge >= 0.3 is 6.18 Å². The first kappa shape index (κ1) is 20.3. The monoisotopic (exact) mass is 385 g/mol. The van der Waals surface area contributed by atoms with Gasteiger partial charge in [-0.2, -0.15) is 13.2 Å². The van der Waals surface area contributed by atoms with Crippen LogP contribution in [0.3, 0.4) is 0 Å². The van der Waals surface area contributed by atoms with Gasteiger partial charge in [0.1, 0.15) is 5.76 Å². The topological polar surface area (TPSA) is 31.7 Å². The van der Waals surface area contributed by atoms with Crippen LogP contribution < -0.4 is 5.32 Å². The van der Waals surface area contributed by atoms with Crippen molar-refractivity contribution in [2.75, 3.05) is 32.5 Å². The van der Waals surface area contributed by atoms with Crippen molar-refractivity contribution < 1.29 is 17.6 Å². The highest BCUT2D eigenvalue weighted by Gasteiger charge is 2.30. The van der Waals surface area contributed by atoms with E-state index in [9.17, 15) is 13.2 Å². The second-order valence-corrected chi connectivity index (χ2v) is 6.58. The Bertz CT molecular complexity index is 717. The number of halogens is 3. The lowest BCUT2D eigenvalue weighted by Gasteiger charge is -2.31. The van der Waals surface area contributed by atoms with E-state index in [-0.39, 0.29) is 6.04 Å². The molecule has 0 amide bonds. The van der Waals surface area contributed by atoms with E-state index in [1.165, 1.54) is 6.07 Å². The van der Waals surface area contributed by atoms with Crippen molar-refractivity contribution in [2.24, 2.45) is 0 Å². The number of rotatable bonds is 6. The summed E-state index contributed by atoms with van der Waals surface area (Å²) in [7, 11) is 3.89. The molecule has 142 valence electrons. The first-order valence-corrected chi connectivity index (χ1v) is 8.52. The maximum atomic E-state index is 12.9. The fraction of sp³-hybridized carbons (Fsp3) is 0.389. The van der Waals surface area contributed by atoms with E-state index >= 15 is 0 Å². The van der Waals surface area contributed by atoms with E-state index in [0.717, 1.165) is 24.4 Å². The molecule has 0 fully saturated rings. The third-order valence-corrected chi connectivity index (χ3v) is 4.25. The van der Waals surface area contributed by atoms with Gasteiger partial charge in [0.2, 0.25) is 0 Å². The maximum absolute atomic E-state index is 12.9. The lowest BCUT2D eigenvalue weighted by Crippen LogP contribution is -2.40. The Morgan fingerprint density at radius 1 is 1.19 bits per heavy atom. The highest BCUT2D eigenvalue weighted by atomic mass is 32.1. The molecule has 1 N–H and O–H groups in total. The number of likely N-dealkylation sites (N-methyl/N-ethyl adjacent to an activating group) is 1. The van der Waals surface area contributed by atoms with E-state index in [1.807, 2.05) is 36.9 Å². The number of thiocarbonyl (C=S) groups is 1. The SMILES string of the molecule is C[C@H](c1ccco1)N(CCN(C)C)C(=S)Nc1cccc(C(F)(F)F)c1. The number of nitrogens with one attached hydrogen (secondary N) is 1. The van der Waals surface area contributed by atoms with Gasteiger partial charge in [0, 0.05) is 18.8 Å². The molecule has 2 rings (SSSR count). The molecule has 0 saturated carbocycles. The van der Waals surface area contributed by atoms with E-state index in [0.29, 0.717) is 17.3 Å². The summed E-state index contributed by atoms with van der Waals surface area (Å²) in [6.07, 6.45) is -2.81. The Kier molecular flexibility index (Phi) is 6.66. The van der Waals surface area contributed by atoms with Crippen LogP contribution in [0.4, 0.5) is 18.9 Å². The van der Waals surface area contributed by atoms with Gasteiger partial charge in [0.05, 0.1) is 17.9 Å². The maximum Gasteiger partial charge on any atom is 0.416 e. The second-order valence-electron chi connectivity index (χ2n) is 6.20. The van der Waals surface area contributed by atoms with Gasteiger partial charge in [0.15, 0.2) is 5.11 Å². The van der Waals surface area contributed by atoms with Crippen LogP contribution in [0.5, 0.6) is 0 Å². The Morgan fingerprint density at radius 2 is 1.92 bits per heavy atom. The summed E-state index contributed by atoms with van der Waals surface area (Å²) in [5.41, 5.74) is -0.421. The molecule has 1 aromatic heterocycles. The van der Waals surface area contributed by atoms with Gasteiger partial charge in [-0.1, -0.05) is 6.07 Å². The average molecular weight is 385 g/mol. The van der Waals surface area contributed by atoms with Crippen LogP contribution in [0.1, 0.15) is 24.3 Å². The summed E-state index contributed by atoms with van der Waals surface area (Å²) in [6, 6.07) is 8.48. The largest absolute Gasteiger partial charge is 0.467 e. The fourth-order valence-electron chi connectivity index (χ4n) is 2.43. The molecule has 1 heterocycles. The lowest BCUT2D eigenvalue weighted by molar-refractivity contribution is -0.137. The van der Waals surface area contributed by atoms with E-state index in [4.69, 9.17) is 16.6 Å². The highest BCUT2D eigenvalue weighted by Crippen LogP contribution is 2.31. The van der Waals surface area contributed by atoms with E-state index < -0.39 is 11.7 Å². The van der Waals surface area contributed by atoms with Crippen LogP contribution in [0.15, 0.2) is 47.1 Å². The number of alkyl halides is 3. The summed E-state index contributed by atoms with van der Waals surface area (Å²) in [4.78, 5) is 3.91. The predicted molar refractivity (Wildman–Crippen MR) is 100 cm³/mol. The van der Waals surface area contributed by atoms with E-state index in [1.54, 1.807) is 18.4 Å². The van der Waals surface area contributed by atoms with Crippen LogP contribution in [-0.4, -0.2) is 42.1 Å². The summed E-state index contributed by atoms with van der Waals surface area (Å²) in [5.74, 6) is 0.733. The van der Waals surface area contributed by atoms with Crippen LogP contribution in [0.2, 0.25) is 0 Å². The highest BCUT2D eigenvalue weighted by molar-refractivity contribution is 7.80. The Hall–Kier alpha value is -2.06. The normalized spacial score (nSPS) is 12.9. The van der Waals surface area contributed by atoms with Crippen LogP contribution >= 0.6 is 12.2 Å². The standard InChI is InChI=1S/C18H22F3N3OS/c1-13(16-8-5-11-25-16)24(10-9-23(2)3)17(26)22-15-7-4-6-14(12-15)18(19,20)21/h4-8,11-13H,9-10H2,1-3H3,(H,22,26)/t13-/m1/s1. The minimum absolute atomic E-state index is 0.157. The van der Waals surface area contributed by atoms with Crippen molar-refractivity contribution in [3.63, 3.8) is 0 Å². The van der Waals surface area contributed by atoms with Crippen LogP contribution in [-0.2, 0) is 6.18 Å². The summed E-state index contributed by atoms with van der Waals surface area (Å²) in [6.45, 7) is 3.27. The summed E-state index contributed by atoms with van der Waals surface area (Å²) in [5, 5.41) is 3.26. The predicted octanol–water partition coefficient (Wildman–Crippen LogP) is 4.62. The van der Waals surface area contributed by atoms with Crippen molar-refractivity contribution in [2.45, 2.75) is 19.1 Å². The third-order valence-electron chi connectivity index (χ3n) is 3.91. The first-order valence-electron chi connectivity index (χ1n) is 8.11. The van der Waals surface area contributed by atoms with Gasteiger partial charge in [-0.3, -0.25) is 0 Å². The summed E-state index contributed by atoms with van der Waals surface area (Å²) < 4.78 is 44.2. The van der Waals surface area contributed by atoms with Crippen molar-refractivity contribution in [3.8, 4) is 0 Å². The molecule has 0 spiro atoms. The van der Waals surface area contributed by atoms with Gasteiger partial charge in [-0.05, 0) is 63.6 Å². The molecular weight excluding hydrogens is 363 g/mol. The molecule has 0 bridgehead atoms. The lowest BCUT2D eigenvalue weighted by atomic mass is 10.2. The van der Waals surface area contributed by atoms with Gasteiger partial charge < -0.3 is 19.5 Å². The molecule has 0 aliphatic rings. The zero-order valence-electron chi connectivity index (χ0n) is 14.9. The fourth-order valence-corrected chi connectivity index (χ4v) is 2.80. The minimum Gasteiger partial charge on any atom is -0.467 e. The zero-order chi connectivity index (χ0) is 19.3. The van der Waals surface area contributed by atoms with Gasteiger partial charge in [-0.25, -0.2) is 0 Å². The number of benzene rings is 1. The van der Waals surface area contributed by atoms with Crippen molar-refractivity contribution in [1.82, 2.24) is 9.80 Å². The molecule has 4 nitrogen and oxygen atoms in total. The molecule has 0 unspecified atom stereocenters. The number of furan rings is 1. The Balaban J connectivity index is 2.18. The average Bonchev–Trinajstić information content (AvgIpc) is 3.08. The van der Waals surface area contributed by atoms with Crippen LogP contribution in [0, 0.1) is 0 Å². The Labute approximate surface area is 156 Å². The third kappa shape index (κ3) is 5.47. The quantitative estimate of drug-likeness (QED) is 0.734. The molecule has 0 saturated heterocycles. The molecule has 26 heavy (non-hydrogen) atoms. The number of hydrogen-bond acceptors (Lipinski definition) is 3. The van der Waals surface area contributed by atoms with Crippen LogP contribution in [0.25, 0.3) is 0 Å². The van der Waals surface area contributed by atoms with Crippen molar-refractivity contribution in [1.29, 1.82) is 0 Å². The molecule has 0 radical (unpaired) electrons. The minimum atomic E-state index is -4.40. The second kappa shape index (κ2) is 8.55. The number of anilines is 1. The summed E-state index contributed by atoms with van der Waals surface area (Å²) >= 11 is 5.47. The van der Waals surface area contributed by atoms with Crippen molar-refractivity contribution in [3.05, 3.63) is 54.0 Å². The van der Waals surface area contributed by atoms with Gasteiger partial charge in [-0.15, -0.1) is 0 Å². The molecule has 1 aromatic carbocycles.